The predicted molar refractivity (Wildman–Crippen MR) is 102 cm³/mol. The lowest BCUT2D eigenvalue weighted by atomic mass is 10.1. The summed E-state index contributed by atoms with van der Waals surface area (Å²) < 4.78 is 10.8. The summed E-state index contributed by atoms with van der Waals surface area (Å²) in [6.45, 7) is 3.31. The number of fused-ring (bicyclic) bond motifs is 1. The molecule has 7 heteroatoms. The first-order valence-electron chi connectivity index (χ1n) is 8.64. The number of carboxylic acid groups (broad SMARTS) is 1. The highest BCUT2D eigenvalue weighted by atomic mass is 16.5. The van der Waals surface area contributed by atoms with E-state index < -0.39 is 29.6 Å². The number of carbonyl (C=O) groups excluding carboxylic acids is 1. The number of aryl methyl sites for hydroxylation is 1. The van der Waals surface area contributed by atoms with Crippen LogP contribution in [0.1, 0.15) is 24.1 Å². The number of benzene rings is 2. The van der Waals surface area contributed by atoms with Crippen molar-refractivity contribution >= 4 is 22.8 Å². The van der Waals surface area contributed by atoms with Gasteiger partial charge in [0.15, 0.2) is 12.1 Å². The van der Waals surface area contributed by atoms with Crippen LogP contribution >= 0.6 is 0 Å². The van der Waals surface area contributed by atoms with Crippen molar-refractivity contribution in [3.05, 3.63) is 76.1 Å². The first kappa shape index (κ1) is 19.2. The van der Waals surface area contributed by atoms with Crippen molar-refractivity contribution < 1.29 is 23.8 Å². The number of aliphatic carboxylic acids is 1. The van der Waals surface area contributed by atoms with Gasteiger partial charge in [-0.15, -0.1) is 0 Å². The Morgan fingerprint density at radius 2 is 1.82 bits per heavy atom. The summed E-state index contributed by atoms with van der Waals surface area (Å²) in [5.41, 5.74) is 1.11. The van der Waals surface area contributed by atoms with Crippen molar-refractivity contribution in [2.45, 2.75) is 26.0 Å². The Morgan fingerprint density at radius 3 is 2.50 bits per heavy atom. The van der Waals surface area contributed by atoms with Crippen molar-refractivity contribution in [2.75, 3.05) is 0 Å². The van der Waals surface area contributed by atoms with Crippen molar-refractivity contribution in [1.82, 2.24) is 5.32 Å². The first-order valence-corrected chi connectivity index (χ1v) is 8.64. The van der Waals surface area contributed by atoms with Crippen LogP contribution in [-0.4, -0.2) is 23.1 Å². The topological polar surface area (TPSA) is 106 Å². The minimum absolute atomic E-state index is 0.329. The summed E-state index contributed by atoms with van der Waals surface area (Å²) >= 11 is 0. The molecule has 2 atom stereocenters. The molecule has 3 aromatic rings. The van der Waals surface area contributed by atoms with E-state index in [-0.39, 0.29) is 0 Å². The maximum atomic E-state index is 12.4. The maximum Gasteiger partial charge on any atom is 0.336 e. The smallest absolute Gasteiger partial charge is 0.336 e. The standard InChI is InChI=1S/C21H19NO6/c1-12-10-18(23)28-17-11-15(8-9-16(12)17)27-13(2)20(24)22-19(21(25)26)14-6-4-3-5-7-14/h3-11,13,19H,1-2H3,(H,22,24)(H,25,26)/t13-,19-/m0/s1. The molecule has 0 saturated heterocycles. The van der Waals surface area contributed by atoms with Crippen LogP contribution in [0.3, 0.4) is 0 Å². The number of ether oxygens (including phenoxy) is 1. The maximum absolute atomic E-state index is 12.4. The molecule has 0 saturated carbocycles. The highest BCUT2D eigenvalue weighted by molar-refractivity contribution is 5.87. The van der Waals surface area contributed by atoms with E-state index in [1.165, 1.54) is 19.1 Å². The minimum Gasteiger partial charge on any atom is -0.481 e. The molecule has 0 radical (unpaired) electrons. The predicted octanol–water partition coefficient (Wildman–Crippen LogP) is 2.81. The molecule has 7 nitrogen and oxygen atoms in total. The third-order valence-corrected chi connectivity index (χ3v) is 4.27. The van der Waals surface area contributed by atoms with Crippen LogP contribution in [-0.2, 0) is 9.59 Å². The van der Waals surface area contributed by atoms with Gasteiger partial charge in [0, 0.05) is 17.5 Å². The molecule has 144 valence electrons. The summed E-state index contributed by atoms with van der Waals surface area (Å²) in [5, 5.41) is 12.7. The van der Waals surface area contributed by atoms with Crippen LogP contribution < -0.4 is 15.7 Å². The summed E-state index contributed by atoms with van der Waals surface area (Å²) in [6.07, 6.45) is -0.959. The molecule has 0 fully saturated rings. The van der Waals surface area contributed by atoms with Gasteiger partial charge in [0.1, 0.15) is 11.3 Å². The van der Waals surface area contributed by atoms with Gasteiger partial charge >= 0.3 is 11.6 Å². The van der Waals surface area contributed by atoms with E-state index in [2.05, 4.69) is 5.32 Å². The van der Waals surface area contributed by atoms with Gasteiger partial charge in [-0.25, -0.2) is 9.59 Å². The number of amides is 1. The Morgan fingerprint density at radius 1 is 1.11 bits per heavy atom. The van der Waals surface area contributed by atoms with Gasteiger partial charge in [0.25, 0.3) is 5.91 Å². The van der Waals surface area contributed by atoms with Crippen LogP contribution in [0.5, 0.6) is 5.75 Å². The zero-order chi connectivity index (χ0) is 20.3. The van der Waals surface area contributed by atoms with Crippen molar-refractivity contribution in [2.24, 2.45) is 0 Å². The van der Waals surface area contributed by atoms with Crippen LogP contribution in [0.4, 0.5) is 0 Å². The monoisotopic (exact) mass is 381 g/mol. The number of rotatable bonds is 6. The van der Waals surface area contributed by atoms with Crippen molar-refractivity contribution in [1.29, 1.82) is 0 Å². The molecular formula is C21H19NO6. The molecule has 1 aromatic heterocycles. The molecule has 0 aliphatic carbocycles. The molecule has 0 spiro atoms. The third-order valence-electron chi connectivity index (χ3n) is 4.27. The molecule has 0 unspecified atom stereocenters. The Balaban J connectivity index is 1.75. The van der Waals surface area contributed by atoms with Gasteiger partial charge in [-0.3, -0.25) is 4.79 Å². The van der Waals surface area contributed by atoms with Crippen molar-refractivity contribution in [3.8, 4) is 5.75 Å². The van der Waals surface area contributed by atoms with E-state index in [9.17, 15) is 19.5 Å². The number of hydrogen-bond acceptors (Lipinski definition) is 5. The molecule has 2 aromatic carbocycles. The second-order valence-corrected chi connectivity index (χ2v) is 6.36. The van der Waals surface area contributed by atoms with Crippen LogP contribution in [0.2, 0.25) is 0 Å². The average Bonchev–Trinajstić information content (AvgIpc) is 2.65. The zero-order valence-corrected chi connectivity index (χ0v) is 15.3. The molecule has 0 aliphatic heterocycles. The van der Waals surface area contributed by atoms with Crippen LogP contribution in [0.25, 0.3) is 11.0 Å². The fourth-order valence-electron chi connectivity index (χ4n) is 2.83. The molecule has 3 rings (SSSR count). The molecule has 1 heterocycles. The fourth-order valence-corrected chi connectivity index (χ4v) is 2.83. The second-order valence-electron chi connectivity index (χ2n) is 6.36. The molecule has 0 aliphatic rings. The van der Waals surface area contributed by atoms with Gasteiger partial charge < -0.3 is 19.6 Å². The van der Waals surface area contributed by atoms with Crippen molar-refractivity contribution in [3.63, 3.8) is 0 Å². The number of carbonyl (C=O) groups is 2. The molecular weight excluding hydrogens is 362 g/mol. The molecule has 1 amide bonds. The lowest BCUT2D eigenvalue weighted by molar-refractivity contribution is -0.143. The number of nitrogens with one attached hydrogen (secondary N) is 1. The number of carboxylic acids is 1. The van der Waals surface area contributed by atoms with E-state index in [1.54, 1.807) is 49.4 Å². The van der Waals surface area contributed by atoms with Gasteiger partial charge in [-0.1, -0.05) is 30.3 Å². The summed E-state index contributed by atoms with van der Waals surface area (Å²) in [5.74, 6) is -1.42. The summed E-state index contributed by atoms with van der Waals surface area (Å²) in [7, 11) is 0. The molecule has 0 bridgehead atoms. The van der Waals surface area contributed by atoms with E-state index in [0.717, 1.165) is 10.9 Å². The first-order chi connectivity index (χ1) is 13.3. The quantitative estimate of drug-likeness (QED) is 0.636. The Hall–Kier alpha value is -3.61. The van der Waals surface area contributed by atoms with E-state index in [0.29, 0.717) is 16.9 Å². The van der Waals surface area contributed by atoms with E-state index in [1.807, 2.05) is 0 Å². The normalized spacial score (nSPS) is 12.9. The van der Waals surface area contributed by atoms with Crippen LogP contribution in [0.15, 0.2) is 63.8 Å². The highest BCUT2D eigenvalue weighted by Crippen LogP contribution is 2.23. The Labute approximate surface area is 160 Å². The molecule has 28 heavy (non-hydrogen) atoms. The minimum atomic E-state index is -1.18. The lowest BCUT2D eigenvalue weighted by Gasteiger charge is -2.19. The fraction of sp³-hybridized carbons (Fsp3) is 0.190. The largest absolute Gasteiger partial charge is 0.481 e. The second kappa shape index (κ2) is 7.96. The number of hydrogen-bond donors (Lipinski definition) is 2. The Bertz CT molecular complexity index is 1070. The van der Waals surface area contributed by atoms with Gasteiger partial charge in [0.2, 0.25) is 0 Å². The molecule has 2 N–H and O–H groups in total. The summed E-state index contributed by atoms with van der Waals surface area (Å²) in [6, 6.07) is 13.5. The SMILES string of the molecule is Cc1cc(=O)oc2cc(O[C@@H](C)C(=O)N[C@H](C(=O)O)c3ccccc3)ccc12. The summed E-state index contributed by atoms with van der Waals surface area (Å²) in [4.78, 5) is 35.5. The average molecular weight is 381 g/mol. The Kier molecular flexibility index (Phi) is 5.44. The zero-order valence-electron chi connectivity index (χ0n) is 15.3. The van der Waals surface area contributed by atoms with E-state index >= 15 is 0 Å². The van der Waals surface area contributed by atoms with Gasteiger partial charge in [-0.05, 0) is 37.1 Å². The van der Waals surface area contributed by atoms with E-state index in [4.69, 9.17) is 9.15 Å². The third kappa shape index (κ3) is 4.20. The van der Waals surface area contributed by atoms with Gasteiger partial charge in [-0.2, -0.15) is 0 Å². The highest BCUT2D eigenvalue weighted by Gasteiger charge is 2.25. The van der Waals surface area contributed by atoms with Gasteiger partial charge in [0.05, 0.1) is 0 Å². The van der Waals surface area contributed by atoms with Crippen LogP contribution in [0, 0.1) is 6.92 Å². The lowest BCUT2D eigenvalue weighted by Crippen LogP contribution is -2.41.